The third-order valence-corrected chi connectivity index (χ3v) is 7.97. The Morgan fingerprint density at radius 1 is 0.622 bits per heavy atom. The van der Waals surface area contributed by atoms with E-state index in [4.69, 9.17) is 4.42 Å². The van der Waals surface area contributed by atoms with Crippen LogP contribution < -0.4 is 0 Å². The van der Waals surface area contributed by atoms with Gasteiger partial charge in [-0.15, -0.1) is 53.6 Å². The van der Waals surface area contributed by atoms with Gasteiger partial charge in [0.1, 0.15) is 5.58 Å². The molecule has 4 aromatic heterocycles. The molecule has 45 heavy (non-hydrogen) atoms. The van der Waals surface area contributed by atoms with E-state index in [1.165, 1.54) is 16.7 Å². The van der Waals surface area contributed by atoms with Crippen LogP contribution in [0.4, 0.5) is 0 Å². The molecule has 0 unspecified atom stereocenters. The number of rotatable bonds is 3. The van der Waals surface area contributed by atoms with Gasteiger partial charge in [-0.05, 0) is 53.9 Å². The summed E-state index contributed by atoms with van der Waals surface area (Å²) in [5, 5.41) is 4.43. The fourth-order valence-corrected chi connectivity index (χ4v) is 5.46. The molecule has 1 radical (unpaired) electrons. The van der Waals surface area contributed by atoms with E-state index < -0.39 is 0 Å². The van der Waals surface area contributed by atoms with Gasteiger partial charge in [0, 0.05) is 61.2 Å². The summed E-state index contributed by atoms with van der Waals surface area (Å²) in [7, 11) is 0. The average molecular weight is 760 g/mol. The Balaban J connectivity index is 0.000000190. The minimum atomic E-state index is 0. The molecule has 0 N–H and O–H groups in total. The fourth-order valence-electron chi connectivity index (χ4n) is 5.46. The number of aromatic nitrogens is 3. The van der Waals surface area contributed by atoms with Crippen molar-refractivity contribution >= 4 is 32.7 Å². The van der Waals surface area contributed by atoms with Crippen molar-refractivity contribution in [2.75, 3.05) is 0 Å². The summed E-state index contributed by atoms with van der Waals surface area (Å²) in [5.74, 6) is 0. The maximum atomic E-state index is 6.48. The van der Waals surface area contributed by atoms with Crippen LogP contribution >= 0.6 is 0 Å². The van der Waals surface area contributed by atoms with Gasteiger partial charge in [-0.1, -0.05) is 78.0 Å². The minimum Gasteiger partial charge on any atom is -0.500 e. The van der Waals surface area contributed by atoms with Gasteiger partial charge in [0.15, 0.2) is 0 Å². The number of hydrogen-bond donors (Lipinski definition) is 0. The van der Waals surface area contributed by atoms with Gasteiger partial charge in [0.05, 0.1) is 5.58 Å². The maximum absolute atomic E-state index is 6.48. The Morgan fingerprint density at radius 3 is 2.27 bits per heavy atom. The Morgan fingerprint density at radius 2 is 1.47 bits per heavy atom. The summed E-state index contributed by atoms with van der Waals surface area (Å²) < 4.78 is 6.48. The summed E-state index contributed by atoms with van der Waals surface area (Å²) >= 11 is 0. The molecule has 0 atom stereocenters. The van der Waals surface area contributed by atoms with E-state index in [1.54, 1.807) is 6.20 Å². The first kappa shape index (κ1) is 30.1. The minimum absolute atomic E-state index is 0. The molecule has 0 spiro atoms. The van der Waals surface area contributed by atoms with Crippen molar-refractivity contribution in [1.29, 1.82) is 0 Å². The number of benzene rings is 4. The predicted molar refractivity (Wildman–Crippen MR) is 179 cm³/mol. The van der Waals surface area contributed by atoms with Gasteiger partial charge >= 0.3 is 0 Å². The topological polar surface area (TPSA) is 51.8 Å². The SMILES string of the molecule is Cc1c[c-]c(-c2cc(C)c(C)cn2)cc1.[Ir].[c-]1ccc2c(oc3c(-c4cccc5ccncc45)cccc32)c1-c1ccccn1. The van der Waals surface area contributed by atoms with Crippen LogP contribution in [0.15, 0.2) is 126 Å². The van der Waals surface area contributed by atoms with E-state index in [9.17, 15) is 0 Å². The zero-order valence-electron chi connectivity index (χ0n) is 25.1. The summed E-state index contributed by atoms with van der Waals surface area (Å²) in [6, 6.07) is 39.3. The first-order valence-electron chi connectivity index (χ1n) is 14.6. The van der Waals surface area contributed by atoms with Crippen LogP contribution in [0.5, 0.6) is 0 Å². The van der Waals surface area contributed by atoms with Crippen molar-refractivity contribution in [2.45, 2.75) is 20.8 Å². The monoisotopic (exact) mass is 760 g/mol. The quantitative estimate of drug-likeness (QED) is 0.168. The second-order valence-electron chi connectivity index (χ2n) is 10.9. The van der Waals surface area contributed by atoms with E-state index >= 15 is 0 Å². The summed E-state index contributed by atoms with van der Waals surface area (Å²) in [6.45, 7) is 6.24. The van der Waals surface area contributed by atoms with E-state index in [-0.39, 0.29) is 20.1 Å². The number of nitrogens with zero attached hydrogens (tertiary/aromatic N) is 3. The van der Waals surface area contributed by atoms with Gasteiger partial charge < -0.3 is 14.4 Å². The van der Waals surface area contributed by atoms with Crippen LogP contribution in [-0.4, -0.2) is 15.0 Å². The molecule has 0 aliphatic heterocycles. The fraction of sp³-hybridized carbons (Fsp3) is 0.0750. The molecule has 0 fully saturated rings. The first-order valence-corrected chi connectivity index (χ1v) is 14.6. The zero-order valence-corrected chi connectivity index (χ0v) is 27.5. The predicted octanol–water partition coefficient (Wildman–Crippen LogP) is 10.1. The average Bonchev–Trinajstić information content (AvgIpc) is 3.46. The van der Waals surface area contributed by atoms with Crippen molar-refractivity contribution in [2.24, 2.45) is 0 Å². The number of furan rings is 1. The van der Waals surface area contributed by atoms with Crippen molar-refractivity contribution in [3.63, 3.8) is 0 Å². The summed E-state index contributed by atoms with van der Waals surface area (Å²) in [4.78, 5) is 13.2. The van der Waals surface area contributed by atoms with Crippen molar-refractivity contribution < 1.29 is 24.5 Å². The molecule has 5 heteroatoms. The molecule has 0 amide bonds. The molecular weight excluding hydrogens is 731 g/mol. The number of fused-ring (bicyclic) bond motifs is 4. The Bertz CT molecular complexity index is 2250. The van der Waals surface area contributed by atoms with Crippen LogP contribution in [0, 0.1) is 32.9 Å². The largest absolute Gasteiger partial charge is 0.500 e. The van der Waals surface area contributed by atoms with Crippen molar-refractivity contribution in [3.8, 4) is 33.6 Å². The molecule has 0 bridgehead atoms. The van der Waals surface area contributed by atoms with Crippen LogP contribution in [0.2, 0.25) is 0 Å². The molecule has 8 aromatic rings. The van der Waals surface area contributed by atoms with Crippen LogP contribution in [0.1, 0.15) is 16.7 Å². The third-order valence-electron chi connectivity index (χ3n) is 7.97. The standard InChI is InChI=1S/C26H15N2O.C14H14N.Ir/c1-2-14-28-24(12-1)22-11-5-10-21-20-9-4-8-19(25(20)29-26(21)22)18-7-3-6-17-13-15-27-16-23(17)18;1-10-4-6-13(7-5-10)14-8-11(2)12(3)9-15-14;/h1-10,12-16H;4-6,8-9H,1-3H3;/q2*-1;. The zero-order chi connectivity index (χ0) is 30.0. The number of pyridine rings is 3. The van der Waals surface area contributed by atoms with Crippen LogP contribution in [0.3, 0.4) is 0 Å². The molecule has 0 aliphatic rings. The molecule has 4 nitrogen and oxygen atoms in total. The van der Waals surface area contributed by atoms with Crippen molar-refractivity contribution in [3.05, 3.63) is 151 Å². The maximum Gasteiger partial charge on any atom is 0.128 e. The van der Waals surface area contributed by atoms with Crippen LogP contribution in [0.25, 0.3) is 66.4 Å². The van der Waals surface area contributed by atoms with Gasteiger partial charge in [-0.2, -0.15) is 0 Å². The number of hydrogen-bond acceptors (Lipinski definition) is 4. The van der Waals surface area contributed by atoms with E-state index in [1.807, 2.05) is 55.0 Å². The van der Waals surface area contributed by atoms with E-state index in [0.29, 0.717) is 0 Å². The third kappa shape index (κ3) is 5.93. The molecular formula is C40H29IrN3O-2. The first-order chi connectivity index (χ1) is 21.6. The molecule has 0 saturated carbocycles. The summed E-state index contributed by atoms with van der Waals surface area (Å²) in [6.07, 6.45) is 7.44. The normalized spacial score (nSPS) is 10.8. The Labute approximate surface area is 276 Å². The Hall–Kier alpha value is -4.96. The van der Waals surface area contributed by atoms with Gasteiger partial charge in [0.2, 0.25) is 0 Å². The van der Waals surface area contributed by atoms with E-state index in [2.05, 4.69) is 109 Å². The smallest absolute Gasteiger partial charge is 0.128 e. The van der Waals surface area contributed by atoms with Gasteiger partial charge in [-0.25, -0.2) is 0 Å². The second-order valence-corrected chi connectivity index (χ2v) is 10.9. The summed E-state index contributed by atoms with van der Waals surface area (Å²) in [5.41, 5.74) is 11.4. The number of para-hydroxylation sites is 1. The molecule has 4 aromatic carbocycles. The Kier molecular flexibility index (Phi) is 8.66. The molecule has 0 aliphatic carbocycles. The molecule has 4 heterocycles. The van der Waals surface area contributed by atoms with E-state index in [0.717, 1.165) is 66.4 Å². The van der Waals surface area contributed by atoms with Gasteiger partial charge in [0.25, 0.3) is 0 Å². The molecule has 0 saturated heterocycles. The molecule has 8 rings (SSSR count). The molecule has 221 valence electrons. The van der Waals surface area contributed by atoms with Crippen LogP contribution in [-0.2, 0) is 20.1 Å². The second kappa shape index (κ2) is 13.0. The number of aryl methyl sites for hydroxylation is 3. The van der Waals surface area contributed by atoms with Crippen molar-refractivity contribution in [1.82, 2.24) is 15.0 Å². The van der Waals surface area contributed by atoms with Gasteiger partial charge in [-0.3, -0.25) is 4.98 Å².